The van der Waals surface area contributed by atoms with Crippen LogP contribution in [0.1, 0.15) is 37.7 Å². The third kappa shape index (κ3) is 4.87. The van der Waals surface area contributed by atoms with Crippen LogP contribution in [-0.4, -0.2) is 85.6 Å². The molecule has 3 fully saturated rings. The van der Waals surface area contributed by atoms with Crippen LogP contribution in [0.4, 0.5) is 5.69 Å². The fourth-order valence-corrected chi connectivity index (χ4v) is 5.06. The maximum Gasteiger partial charge on any atom is 0.236 e. The van der Waals surface area contributed by atoms with Crippen LogP contribution in [0.5, 0.6) is 0 Å². The molecule has 1 aromatic carbocycles. The van der Waals surface area contributed by atoms with E-state index in [0.717, 1.165) is 58.4 Å². The van der Waals surface area contributed by atoms with Gasteiger partial charge in [0, 0.05) is 64.1 Å². The summed E-state index contributed by atoms with van der Waals surface area (Å²) in [5, 5.41) is 0. The van der Waals surface area contributed by atoms with Crippen molar-refractivity contribution in [2.45, 2.75) is 45.1 Å². The third-order valence-electron chi connectivity index (χ3n) is 6.86. The van der Waals surface area contributed by atoms with Crippen molar-refractivity contribution in [3.63, 3.8) is 0 Å². The highest BCUT2D eigenvalue weighted by atomic mass is 16.2. The van der Waals surface area contributed by atoms with E-state index in [4.69, 9.17) is 0 Å². The number of carbonyl (C=O) groups excluding carboxylic acids is 1. The fraction of sp³-hybridized carbons (Fsp3) is 0.696. The summed E-state index contributed by atoms with van der Waals surface area (Å²) in [6.07, 6.45) is 6.90. The summed E-state index contributed by atoms with van der Waals surface area (Å²) < 4.78 is 0. The van der Waals surface area contributed by atoms with Crippen molar-refractivity contribution in [1.82, 2.24) is 14.7 Å². The fourth-order valence-electron chi connectivity index (χ4n) is 5.06. The molecule has 2 aliphatic heterocycles. The van der Waals surface area contributed by atoms with Crippen LogP contribution in [0.3, 0.4) is 0 Å². The number of amides is 1. The van der Waals surface area contributed by atoms with Gasteiger partial charge in [-0.3, -0.25) is 14.6 Å². The summed E-state index contributed by atoms with van der Waals surface area (Å²) in [6.45, 7) is 10.7. The highest BCUT2D eigenvalue weighted by molar-refractivity contribution is 5.78. The van der Waals surface area contributed by atoms with Crippen molar-refractivity contribution >= 4 is 11.6 Å². The minimum Gasteiger partial charge on any atom is -0.369 e. The molecule has 0 bridgehead atoms. The van der Waals surface area contributed by atoms with Crippen LogP contribution in [0.2, 0.25) is 0 Å². The molecule has 1 aromatic rings. The lowest BCUT2D eigenvalue weighted by molar-refractivity contribution is -0.134. The molecular weight excluding hydrogens is 348 g/mol. The van der Waals surface area contributed by atoms with Gasteiger partial charge < -0.3 is 9.80 Å². The van der Waals surface area contributed by atoms with Gasteiger partial charge in [0.2, 0.25) is 5.91 Å². The van der Waals surface area contributed by atoms with Gasteiger partial charge in [0.05, 0.1) is 6.54 Å². The summed E-state index contributed by atoms with van der Waals surface area (Å²) in [5.74, 6) is 0.326. The van der Waals surface area contributed by atoms with Gasteiger partial charge in [-0.15, -0.1) is 0 Å². The number of anilines is 1. The minimum atomic E-state index is 0.326. The van der Waals surface area contributed by atoms with Gasteiger partial charge in [-0.1, -0.05) is 31.4 Å². The lowest BCUT2D eigenvalue weighted by Gasteiger charge is -2.41. The molecule has 5 nitrogen and oxygen atoms in total. The van der Waals surface area contributed by atoms with Gasteiger partial charge in [-0.2, -0.15) is 0 Å². The van der Waals surface area contributed by atoms with Crippen LogP contribution in [0.15, 0.2) is 24.3 Å². The van der Waals surface area contributed by atoms with Gasteiger partial charge in [-0.25, -0.2) is 0 Å². The van der Waals surface area contributed by atoms with Gasteiger partial charge in [0.15, 0.2) is 0 Å². The molecule has 2 saturated heterocycles. The number of carbonyl (C=O) groups is 1. The Morgan fingerprint density at radius 2 is 1.64 bits per heavy atom. The first kappa shape index (κ1) is 19.7. The molecule has 1 aliphatic carbocycles. The van der Waals surface area contributed by atoms with E-state index in [1.807, 2.05) is 0 Å². The number of rotatable bonds is 4. The van der Waals surface area contributed by atoms with Crippen LogP contribution < -0.4 is 4.90 Å². The lowest BCUT2D eigenvalue weighted by Crippen LogP contribution is -2.55. The second-order valence-corrected chi connectivity index (χ2v) is 8.81. The van der Waals surface area contributed by atoms with E-state index in [0.29, 0.717) is 12.5 Å². The van der Waals surface area contributed by atoms with Crippen molar-refractivity contribution in [3.05, 3.63) is 29.8 Å². The summed E-state index contributed by atoms with van der Waals surface area (Å²) in [5.41, 5.74) is 2.62. The summed E-state index contributed by atoms with van der Waals surface area (Å²) in [7, 11) is 0. The molecule has 3 aliphatic rings. The molecular formula is C23H36N4O. The summed E-state index contributed by atoms with van der Waals surface area (Å²) >= 11 is 0. The van der Waals surface area contributed by atoms with E-state index in [-0.39, 0.29) is 0 Å². The Bertz CT molecular complexity index is 642. The Morgan fingerprint density at radius 3 is 2.32 bits per heavy atom. The molecule has 0 radical (unpaired) electrons. The molecule has 0 spiro atoms. The number of hydrogen-bond donors (Lipinski definition) is 0. The molecule has 0 unspecified atom stereocenters. The Kier molecular flexibility index (Phi) is 6.53. The third-order valence-corrected chi connectivity index (χ3v) is 6.86. The average Bonchev–Trinajstić information content (AvgIpc) is 2.75. The largest absolute Gasteiger partial charge is 0.369 e. The number of hydrogen-bond acceptors (Lipinski definition) is 4. The normalized spacial score (nSPS) is 23.2. The zero-order valence-corrected chi connectivity index (χ0v) is 17.5. The van der Waals surface area contributed by atoms with Crippen molar-refractivity contribution in [2.24, 2.45) is 0 Å². The molecule has 1 amide bonds. The van der Waals surface area contributed by atoms with Crippen LogP contribution in [0.25, 0.3) is 0 Å². The van der Waals surface area contributed by atoms with Gasteiger partial charge >= 0.3 is 0 Å². The first-order chi connectivity index (χ1) is 13.7. The van der Waals surface area contributed by atoms with Crippen molar-refractivity contribution < 1.29 is 4.79 Å². The molecule has 0 atom stereocenters. The highest BCUT2D eigenvalue weighted by Crippen LogP contribution is 2.23. The monoisotopic (exact) mass is 384 g/mol. The molecule has 2 heterocycles. The molecule has 1 saturated carbocycles. The van der Waals surface area contributed by atoms with Crippen molar-refractivity contribution in [1.29, 1.82) is 0 Å². The molecule has 154 valence electrons. The van der Waals surface area contributed by atoms with Gasteiger partial charge in [-0.05, 0) is 37.5 Å². The standard InChI is InChI=1S/C23H36N4O/c1-20-6-5-9-22(18-20)26-12-10-24(11-13-26)19-23(28)27-16-14-25(15-17-27)21-7-3-2-4-8-21/h5-6,9,18,21H,2-4,7-8,10-17,19H2,1H3. The second-order valence-electron chi connectivity index (χ2n) is 8.81. The number of piperazine rings is 2. The van der Waals surface area contributed by atoms with Crippen molar-refractivity contribution in [2.75, 3.05) is 63.8 Å². The maximum atomic E-state index is 12.8. The van der Waals surface area contributed by atoms with E-state index in [1.54, 1.807) is 0 Å². The van der Waals surface area contributed by atoms with Gasteiger partial charge in [0.25, 0.3) is 0 Å². The van der Waals surface area contributed by atoms with Gasteiger partial charge in [0.1, 0.15) is 0 Å². The second kappa shape index (κ2) is 9.27. The Balaban J connectivity index is 1.20. The Labute approximate surface area is 170 Å². The average molecular weight is 385 g/mol. The maximum absolute atomic E-state index is 12.8. The van der Waals surface area contributed by atoms with E-state index in [1.165, 1.54) is 43.4 Å². The number of nitrogens with zero attached hydrogens (tertiary/aromatic N) is 4. The van der Waals surface area contributed by atoms with Crippen molar-refractivity contribution in [3.8, 4) is 0 Å². The van der Waals surface area contributed by atoms with Crippen LogP contribution in [-0.2, 0) is 4.79 Å². The zero-order chi connectivity index (χ0) is 19.3. The first-order valence-corrected chi connectivity index (χ1v) is 11.2. The summed E-state index contributed by atoms with van der Waals surface area (Å²) in [4.78, 5) is 22.3. The minimum absolute atomic E-state index is 0.326. The lowest BCUT2D eigenvalue weighted by atomic mass is 9.94. The zero-order valence-electron chi connectivity index (χ0n) is 17.5. The number of aryl methyl sites for hydroxylation is 1. The summed E-state index contributed by atoms with van der Waals surface area (Å²) in [6, 6.07) is 9.51. The molecule has 0 N–H and O–H groups in total. The van der Waals surface area contributed by atoms with E-state index >= 15 is 0 Å². The molecule has 5 heteroatoms. The predicted molar refractivity (Wildman–Crippen MR) is 115 cm³/mol. The first-order valence-electron chi connectivity index (χ1n) is 11.2. The Hall–Kier alpha value is -1.59. The van der Waals surface area contributed by atoms with Crippen LogP contribution in [0, 0.1) is 6.92 Å². The van der Waals surface area contributed by atoms with E-state index < -0.39 is 0 Å². The van der Waals surface area contributed by atoms with Crippen LogP contribution >= 0.6 is 0 Å². The SMILES string of the molecule is Cc1cccc(N2CCN(CC(=O)N3CCN(C4CCCCC4)CC3)CC2)c1. The van der Waals surface area contributed by atoms with E-state index in [2.05, 4.69) is 50.8 Å². The molecule has 0 aromatic heterocycles. The quantitative estimate of drug-likeness (QED) is 0.798. The number of benzene rings is 1. The highest BCUT2D eigenvalue weighted by Gasteiger charge is 2.28. The predicted octanol–water partition coefficient (Wildman–Crippen LogP) is 2.59. The van der Waals surface area contributed by atoms with E-state index in [9.17, 15) is 4.79 Å². The topological polar surface area (TPSA) is 30.0 Å². The Morgan fingerprint density at radius 1 is 0.929 bits per heavy atom. The molecule has 28 heavy (non-hydrogen) atoms. The molecule has 4 rings (SSSR count). The smallest absolute Gasteiger partial charge is 0.236 e.